The van der Waals surface area contributed by atoms with Crippen molar-refractivity contribution in [2.75, 3.05) is 39.4 Å². The van der Waals surface area contributed by atoms with E-state index in [1.165, 1.54) is 13.0 Å². The number of phenolic OH excluding ortho intramolecular Hbond substituents is 2. The fraction of sp³-hybridized carbons (Fsp3) is 0.387. The summed E-state index contributed by atoms with van der Waals surface area (Å²) < 4.78 is 24.0. The summed E-state index contributed by atoms with van der Waals surface area (Å²) in [6, 6.07) is 11.0. The number of aliphatic hydroxyl groups is 1. The Morgan fingerprint density at radius 3 is 2.71 bits per heavy atom. The van der Waals surface area contributed by atoms with Gasteiger partial charge < -0.3 is 39.6 Å². The second-order valence-electron chi connectivity index (χ2n) is 10.6. The molecule has 4 N–H and O–H groups in total. The number of benzene rings is 3. The molecule has 222 valence electrons. The van der Waals surface area contributed by atoms with Gasteiger partial charge in [-0.1, -0.05) is 33.7 Å². The summed E-state index contributed by atoms with van der Waals surface area (Å²) in [7, 11) is 5.30. The number of likely N-dealkylation sites (N-methyl/N-ethyl adjacent to an activating group) is 1. The molecule has 3 atom stereocenters. The second kappa shape index (κ2) is 12.2. The quantitative estimate of drug-likeness (QED) is 0.119. The molecule has 3 aromatic carbocycles. The lowest BCUT2D eigenvalue weighted by Crippen LogP contribution is -2.19. The van der Waals surface area contributed by atoms with Gasteiger partial charge in [0.25, 0.3) is 0 Å². The number of nitrogens with one attached hydrogen (secondary N) is 1. The minimum atomic E-state index is -0.516. The Hall–Kier alpha value is -3.25. The predicted molar refractivity (Wildman–Crippen MR) is 162 cm³/mol. The van der Waals surface area contributed by atoms with Crippen LogP contribution < -0.4 is 19.5 Å². The van der Waals surface area contributed by atoms with Gasteiger partial charge in [0.2, 0.25) is 0 Å². The maximum atomic E-state index is 11.9. The monoisotopic (exact) mass is 611 g/mol. The van der Waals surface area contributed by atoms with Crippen molar-refractivity contribution in [3.05, 3.63) is 64.2 Å². The van der Waals surface area contributed by atoms with Gasteiger partial charge in [0, 0.05) is 59.2 Å². The van der Waals surface area contributed by atoms with E-state index in [1.54, 1.807) is 33.7 Å². The topological polar surface area (TPSA) is 127 Å². The Bertz CT molecular complexity index is 1510. The van der Waals surface area contributed by atoms with Gasteiger partial charge in [0.1, 0.15) is 36.6 Å². The lowest BCUT2D eigenvalue weighted by molar-refractivity contribution is -0.141. The van der Waals surface area contributed by atoms with Gasteiger partial charge in [-0.15, -0.1) is 0 Å². The number of ether oxygens (including phenoxy) is 4. The molecule has 2 bridgehead atoms. The minimum Gasteiger partial charge on any atom is -0.508 e. The van der Waals surface area contributed by atoms with E-state index in [9.17, 15) is 20.1 Å². The number of aliphatic hydroxyl groups excluding tert-OH is 1. The Morgan fingerprint density at radius 2 is 1.93 bits per heavy atom. The average Bonchev–Trinajstić information content (AvgIpc) is 3.31. The molecule has 0 amide bonds. The third-order valence-electron chi connectivity index (χ3n) is 7.94. The summed E-state index contributed by atoms with van der Waals surface area (Å²) in [6.07, 6.45) is 0.175. The van der Waals surface area contributed by atoms with Gasteiger partial charge in [-0.3, -0.25) is 4.79 Å². The lowest BCUT2D eigenvalue weighted by Gasteiger charge is -2.30. The van der Waals surface area contributed by atoms with Gasteiger partial charge in [-0.2, -0.15) is 0 Å². The summed E-state index contributed by atoms with van der Waals surface area (Å²) in [5.41, 5.74) is 6.51. The van der Waals surface area contributed by atoms with Crippen molar-refractivity contribution < 1.29 is 39.1 Å². The molecule has 9 nitrogen and oxygen atoms in total. The Morgan fingerprint density at radius 1 is 1.07 bits per heavy atom. The zero-order chi connectivity index (χ0) is 29.4. The number of hydrogen-bond acceptors (Lipinski definition) is 11. The molecule has 42 heavy (non-hydrogen) atoms. The van der Waals surface area contributed by atoms with Gasteiger partial charge >= 0.3 is 5.97 Å². The number of carbonyl (C=O) groups excluding carboxylic acids is 1. The normalized spacial score (nSPS) is 20.0. The first-order valence-electron chi connectivity index (χ1n) is 13.8. The molecule has 2 heterocycles. The first-order valence-corrected chi connectivity index (χ1v) is 16.3. The molecule has 3 aromatic rings. The van der Waals surface area contributed by atoms with E-state index >= 15 is 0 Å². The molecule has 11 heteroatoms. The number of carbonyl (C=O) groups is 1. The lowest BCUT2D eigenvalue weighted by atomic mass is 9.77. The molecule has 0 fully saturated rings. The maximum Gasteiger partial charge on any atom is 0.302 e. The van der Waals surface area contributed by atoms with Crippen molar-refractivity contribution in [2.24, 2.45) is 0 Å². The number of phenols is 2. The van der Waals surface area contributed by atoms with Crippen molar-refractivity contribution in [1.29, 1.82) is 0 Å². The smallest absolute Gasteiger partial charge is 0.302 e. The number of esters is 1. The van der Waals surface area contributed by atoms with Crippen LogP contribution in [0.15, 0.2) is 36.4 Å². The highest BCUT2D eigenvalue weighted by atomic mass is 33.1. The molecule has 0 saturated heterocycles. The molecule has 0 radical (unpaired) electrons. The summed E-state index contributed by atoms with van der Waals surface area (Å²) in [5, 5.41) is 33.9. The number of hydrogen-bond donors (Lipinski definition) is 4. The van der Waals surface area contributed by atoms with E-state index in [4.69, 9.17) is 18.9 Å². The minimum absolute atomic E-state index is 0.0720. The van der Waals surface area contributed by atoms with Crippen LogP contribution in [0.1, 0.15) is 52.7 Å². The van der Waals surface area contributed by atoms with Crippen molar-refractivity contribution in [3.8, 4) is 39.9 Å². The van der Waals surface area contributed by atoms with Crippen LogP contribution in [0.2, 0.25) is 0 Å². The molecular weight excluding hydrogens is 578 g/mol. The van der Waals surface area contributed by atoms with Gasteiger partial charge in [0.05, 0.1) is 5.92 Å². The Labute approximate surface area is 251 Å². The second-order valence-corrected chi connectivity index (χ2v) is 13.1. The summed E-state index contributed by atoms with van der Waals surface area (Å²) >= 11 is 0. The number of fused-ring (bicyclic) bond motifs is 5. The van der Waals surface area contributed by atoms with E-state index in [0.717, 1.165) is 50.4 Å². The molecule has 6 rings (SSSR count). The van der Waals surface area contributed by atoms with Crippen molar-refractivity contribution >= 4 is 27.6 Å². The zero-order valence-corrected chi connectivity index (χ0v) is 25.0. The SMILES string of the molecule is CNCCOc1cc2c(cc1O)CSSCC1Cc3cc(O)cc(OCO)c3-c3ccc4c(c31)OC2C4COC(C)=O. The Balaban J connectivity index is 1.52. The fourth-order valence-electron chi connectivity index (χ4n) is 6.15. The summed E-state index contributed by atoms with van der Waals surface area (Å²) in [6.45, 7) is 2.03. The van der Waals surface area contributed by atoms with E-state index in [2.05, 4.69) is 5.32 Å². The molecule has 3 aliphatic rings. The fourth-order valence-corrected chi connectivity index (χ4v) is 8.57. The third-order valence-corrected chi connectivity index (χ3v) is 10.3. The molecule has 1 aliphatic carbocycles. The molecule has 2 aliphatic heterocycles. The van der Waals surface area contributed by atoms with Gasteiger partial charge in [0.15, 0.2) is 18.3 Å². The largest absolute Gasteiger partial charge is 0.508 e. The molecule has 0 spiro atoms. The molecule has 0 saturated carbocycles. The van der Waals surface area contributed by atoms with Crippen molar-refractivity contribution in [3.63, 3.8) is 0 Å². The number of aromatic hydroxyl groups is 2. The highest BCUT2D eigenvalue weighted by Crippen LogP contribution is 2.58. The number of rotatable bonds is 8. The molecule has 0 aromatic heterocycles. The highest BCUT2D eigenvalue weighted by Gasteiger charge is 2.43. The van der Waals surface area contributed by atoms with Crippen LogP contribution in [0, 0.1) is 0 Å². The first-order chi connectivity index (χ1) is 20.4. The Kier molecular flexibility index (Phi) is 8.35. The van der Waals surface area contributed by atoms with Crippen LogP contribution in [-0.2, 0) is 21.7 Å². The van der Waals surface area contributed by atoms with Crippen LogP contribution in [0.4, 0.5) is 0 Å². The van der Waals surface area contributed by atoms with E-state index in [-0.39, 0.29) is 35.9 Å². The summed E-state index contributed by atoms with van der Waals surface area (Å²) in [4.78, 5) is 11.9. The van der Waals surface area contributed by atoms with Crippen LogP contribution in [-0.4, -0.2) is 60.6 Å². The van der Waals surface area contributed by atoms with Gasteiger partial charge in [-0.05, 0) is 48.4 Å². The van der Waals surface area contributed by atoms with Crippen LogP contribution >= 0.6 is 21.6 Å². The molecule has 3 unspecified atom stereocenters. The third kappa shape index (κ3) is 5.34. The van der Waals surface area contributed by atoms with Crippen LogP contribution in [0.5, 0.6) is 28.7 Å². The molecular formula is C31H33NO8S2. The standard InChI is InChI=1S/C31H33NO8S2/c1-16(34)38-12-24-21-3-4-22-28-17(8-20(35)10-27(28)39-15-33)7-19-14-42-41-13-18-9-25(36)26(37-6-5-32-2)11-23(18)30(24)40-31(21)29(19)22/h3-4,8-11,19,24,30,32-33,35-36H,5-7,12-15H2,1-2H3. The van der Waals surface area contributed by atoms with E-state index < -0.39 is 12.9 Å². The van der Waals surface area contributed by atoms with E-state index in [1.807, 2.05) is 25.2 Å². The van der Waals surface area contributed by atoms with E-state index in [0.29, 0.717) is 36.8 Å². The summed E-state index contributed by atoms with van der Waals surface area (Å²) in [5.74, 6) is 2.55. The first kappa shape index (κ1) is 28.9. The maximum absolute atomic E-state index is 11.9. The predicted octanol–water partition coefficient (Wildman–Crippen LogP) is 5.01. The van der Waals surface area contributed by atoms with Crippen LogP contribution in [0.25, 0.3) is 11.1 Å². The average molecular weight is 612 g/mol. The highest BCUT2D eigenvalue weighted by molar-refractivity contribution is 8.76. The van der Waals surface area contributed by atoms with Crippen molar-refractivity contribution in [2.45, 2.75) is 37.0 Å². The zero-order valence-electron chi connectivity index (χ0n) is 23.3. The van der Waals surface area contributed by atoms with Crippen LogP contribution in [0.3, 0.4) is 0 Å². The van der Waals surface area contributed by atoms with Crippen molar-refractivity contribution in [1.82, 2.24) is 5.32 Å². The van der Waals surface area contributed by atoms with Gasteiger partial charge in [-0.25, -0.2) is 0 Å².